The smallest absolute Gasteiger partial charge is 0.251 e. The van der Waals surface area contributed by atoms with Crippen LogP contribution in [0.25, 0.3) is 10.2 Å². The first-order valence-electron chi connectivity index (χ1n) is 9.45. The monoisotopic (exact) mass is 395 g/mol. The van der Waals surface area contributed by atoms with Gasteiger partial charge in [-0.25, -0.2) is 4.98 Å². The minimum Gasteiger partial charge on any atom is -0.340 e. The maximum absolute atomic E-state index is 13.1. The van der Waals surface area contributed by atoms with Crippen LogP contribution in [0.4, 0.5) is 0 Å². The molecule has 0 saturated carbocycles. The molecule has 0 saturated heterocycles. The molecule has 3 aromatic rings. The Bertz CT molecular complexity index is 922. The van der Waals surface area contributed by atoms with E-state index >= 15 is 0 Å². The summed E-state index contributed by atoms with van der Waals surface area (Å²) in [5.41, 5.74) is 1.50. The number of hydrogen-bond donors (Lipinski definition) is 1. The number of thiazole rings is 1. The van der Waals surface area contributed by atoms with E-state index in [1.165, 1.54) is 0 Å². The van der Waals surface area contributed by atoms with Crippen molar-refractivity contribution in [3.8, 4) is 0 Å². The van der Waals surface area contributed by atoms with Gasteiger partial charge in [0.05, 0.1) is 16.8 Å². The van der Waals surface area contributed by atoms with E-state index in [0.29, 0.717) is 12.1 Å². The highest BCUT2D eigenvalue weighted by Crippen LogP contribution is 2.23. The predicted octanol–water partition coefficient (Wildman–Crippen LogP) is 4.10. The summed E-state index contributed by atoms with van der Waals surface area (Å²) in [6, 6.07) is 16.4. The van der Waals surface area contributed by atoms with E-state index in [0.717, 1.165) is 21.6 Å². The second-order valence-corrected chi connectivity index (χ2v) is 8.09. The molecule has 1 heterocycles. The number of fused-ring (bicyclic) bond motifs is 1. The van der Waals surface area contributed by atoms with Gasteiger partial charge in [-0.2, -0.15) is 0 Å². The fraction of sp³-hybridized carbons (Fsp3) is 0.318. The number of carbonyl (C=O) groups excluding carboxylic acids is 2. The Kier molecular flexibility index (Phi) is 6.41. The summed E-state index contributed by atoms with van der Waals surface area (Å²) in [5, 5.41) is 3.81. The van der Waals surface area contributed by atoms with Crippen molar-refractivity contribution in [1.82, 2.24) is 15.2 Å². The van der Waals surface area contributed by atoms with Gasteiger partial charge < -0.3 is 10.2 Å². The first kappa shape index (κ1) is 20.0. The number of para-hydroxylation sites is 1. The Hall–Kier alpha value is -2.73. The zero-order valence-electron chi connectivity index (χ0n) is 16.4. The number of nitrogens with zero attached hydrogens (tertiary/aromatic N) is 2. The first-order chi connectivity index (χ1) is 13.5. The van der Waals surface area contributed by atoms with Gasteiger partial charge in [0.2, 0.25) is 5.91 Å². The van der Waals surface area contributed by atoms with E-state index in [1.54, 1.807) is 35.4 Å². The fourth-order valence-corrected chi connectivity index (χ4v) is 4.02. The van der Waals surface area contributed by atoms with Gasteiger partial charge in [-0.15, -0.1) is 11.3 Å². The highest BCUT2D eigenvalue weighted by Gasteiger charge is 2.29. The number of amides is 2. The molecule has 2 aromatic carbocycles. The van der Waals surface area contributed by atoms with Crippen LogP contribution in [0, 0.1) is 5.92 Å². The van der Waals surface area contributed by atoms with Gasteiger partial charge in [0, 0.05) is 12.6 Å². The molecule has 2 atom stereocenters. The van der Waals surface area contributed by atoms with E-state index in [-0.39, 0.29) is 17.7 Å². The maximum Gasteiger partial charge on any atom is 0.251 e. The predicted molar refractivity (Wildman–Crippen MR) is 113 cm³/mol. The van der Waals surface area contributed by atoms with Crippen molar-refractivity contribution in [2.24, 2.45) is 5.92 Å². The van der Waals surface area contributed by atoms with Gasteiger partial charge >= 0.3 is 0 Å². The van der Waals surface area contributed by atoms with Crippen LogP contribution >= 0.6 is 11.3 Å². The molecule has 1 N–H and O–H groups in total. The summed E-state index contributed by atoms with van der Waals surface area (Å²) >= 11 is 1.59. The Labute approximate surface area is 169 Å². The van der Waals surface area contributed by atoms with Crippen molar-refractivity contribution < 1.29 is 9.59 Å². The highest BCUT2D eigenvalue weighted by molar-refractivity contribution is 7.18. The Morgan fingerprint density at radius 1 is 1.11 bits per heavy atom. The van der Waals surface area contributed by atoms with Gasteiger partial charge in [-0.3, -0.25) is 9.59 Å². The van der Waals surface area contributed by atoms with Gasteiger partial charge in [-0.05, 0) is 30.2 Å². The van der Waals surface area contributed by atoms with Crippen LogP contribution in [-0.2, 0) is 11.3 Å². The largest absolute Gasteiger partial charge is 0.340 e. The van der Waals surface area contributed by atoms with Crippen LogP contribution < -0.4 is 5.32 Å². The minimum atomic E-state index is -0.572. The number of aromatic nitrogens is 1. The third-order valence-corrected chi connectivity index (χ3v) is 5.91. The van der Waals surface area contributed by atoms with Gasteiger partial charge in [0.15, 0.2) is 0 Å². The van der Waals surface area contributed by atoms with E-state index in [4.69, 9.17) is 0 Å². The lowest BCUT2D eigenvalue weighted by atomic mass is 9.97. The summed E-state index contributed by atoms with van der Waals surface area (Å²) in [4.78, 5) is 32.0. The van der Waals surface area contributed by atoms with Crippen LogP contribution in [0.5, 0.6) is 0 Å². The van der Waals surface area contributed by atoms with Crippen molar-refractivity contribution in [2.45, 2.75) is 32.9 Å². The normalized spacial score (nSPS) is 13.1. The van der Waals surface area contributed by atoms with E-state index < -0.39 is 6.04 Å². The molecule has 0 unspecified atom stereocenters. The SMILES string of the molecule is CC[C@H](C)[C@H](NC(=O)c1ccccc1)C(=O)N(C)Cc1nc2ccccc2s1. The molecule has 3 rings (SSSR count). The molecular formula is C22H25N3O2S. The van der Waals surface area contributed by atoms with Crippen molar-refractivity contribution in [3.05, 3.63) is 65.2 Å². The third-order valence-electron chi connectivity index (χ3n) is 4.89. The molecule has 0 aliphatic rings. The van der Waals surface area contributed by atoms with Crippen LogP contribution in [0.3, 0.4) is 0 Å². The van der Waals surface area contributed by atoms with Gasteiger partial charge in [0.1, 0.15) is 11.0 Å². The first-order valence-corrected chi connectivity index (χ1v) is 10.3. The molecule has 2 amide bonds. The number of benzene rings is 2. The zero-order valence-corrected chi connectivity index (χ0v) is 17.2. The second-order valence-electron chi connectivity index (χ2n) is 6.97. The summed E-state index contributed by atoms with van der Waals surface area (Å²) in [5.74, 6) is -0.302. The summed E-state index contributed by atoms with van der Waals surface area (Å²) < 4.78 is 1.11. The highest BCUT2D eigenvalue weighted by atomic mass is 32.1. The van der Waals surface area contributed by atoms with Gasteiger partial charge in [0.25, 0.3) is 5.91 Å². The molecule has 28 heavy (non-hydrogen) atoms. The molecule has 0 spiro atoms. The number of likely N-dealkylation sites (N-methyl/N-ethyl adjacent to an activating group) is 1. The van der Waals surface area contributed by atoms with Gasteiger partial charge in [-0.1, -0.05) is 50.6 Å². The number of rotatable bonds is 7. The average Bonchev–Trinajstić information content (AvgIpc) is 3.13. The van der Waals surface area contributed by atoms with Crippen LogP contribution in [0.1, 0.15) is 35.6 Å². The van der Waals surface area contributed by atoms with Crippen molar-refractivity contribution in [3.63, 3.8) is 0 Å². The Balaban J connectivity index is 1.73. The minimum absolute atomic E-state index is 0.0259. The number of nitrogens with one attached hydrogen (secondary N) is 1. The van der Waals surface area contributed by atoms with Crippen molar-refractivity contribution >= 4 is 33.4 Å². The molecule has 5 nitrogen and oxygen atoms in total. The van der Waals surface area contributed by atoms with Crippen molar-refractivity contribution in [2.75, 3.05) is 7.05 Å². The summed E-state index contributed by atoms with van der Waals surface area (Å²) in [6.07, 6.45) is 0.792. The lowest BCUT2D eigenvalue weighted by Gasteiger charge is -2.28. The fourth-order valence-electron chi connectivity index (χ4n) is 3.00. The number of hydrogen-bond acceptors (Lipinski definition) is 4. The Morgan fingerprint density at radius 2 is 1.79 bits per heavy atom. The van der Waals surface area contributed by atoms with Crippen LogP contribution in [0.2, 0.25) is 0 Å². The maximum atomic E-state index is 13.1. The summed E-state index contributed by atoms with van der Waals surface area (Å²) in [6.45, 7) is 4.43. The third kappa shape index (κ3) is 4.57. The average molecular weight is 396 g/mol. The summed E-state index contributed by atoms with van der Waals surface area (Å²) in [7, 11) is 1.76. The lowest BCUT2D eigenvalue weighted by Crippen LogP contribution is -2.50. The molecule has 0 fully saturated rings. The molecule has 0 aliphatic carbocycles. The quantitative estimate of drug-likeness (QED) is 0.655. The Morgan fingerprint density at radius 3 is 2.46 bits per heavy atom. The molecule has 0 radical (unpaired) electrons. The molecule has 0 bridgehead atoms. The van der Waals surface area contributed by atoms with Crippen molar-refractivity contribution in [1.29, 1.82) is 0 Å². The topological polar surface area (TPSA) is 62.3 Å². The molecular weight excluding hydrogens is 370 g/mol. The van der Waals surface area contributed by atoms with E-state index in [9.17, 15) is 9.59 Å². The second kappa shape index (κ2) is 8.97. The lowest BCUT2D eigenvalue weighted by molar-refractivity contribution is -0.133. The zero-order chi connectivity index (χ0) is 20.1. The number of carbonyl (C=O) groups is 2. The molecule has 0 aliphatic heterocycles. The molecule has 1 aromatic heterocycles. The van der Waals surface area contributed by atoms with E-state index in [2.05, 4.69) is 10.3 Å². The van der Waals surface area contributed by atoms with Crippen LogP contribution in [-0.4, -0.2) is 34.8 Å². The molecule has 146 valence electrons. The van der Waals surface area contributed by atoms with E-state index in [1.807, 2.05) is 56.3 Å². The molecule has 6 heteroatoms. The van der Waals surface area contributed by atoms with Crippen LogP contribution in [0.15, 0.2) is 54.6 Å². The standard InChI is InChI=1S/C22H25N3O2S/c1-4-15(2)20(24-21(26)16-10-6-5-7-11-16)22(27)25(3)14-19-23-17-12-8-9-13-18(17)28-19/h5-13,15,20H,4,14H2,1-3H3,(H,24,26)/t15-,20-/m0/s1.